The third-order valence-electron chi connectivity index (χ3n) is 7.02. The fourth-order valence-corrected chi connectivity index (χ4v) is 5.08. The van der Waals surface area contributed by atoms with Gasteiger partial charge in [0.2, 0.25) is 0 Å². The molecule has 1 aliphatic rings. The van der Waals surface area contributed by atoms with Crippen molar-refractivity contribution < 1.29 is 24.3 Å². The smallest absolute Gasteiger partial charge is 0.347 e. The highest BCUT2D eigenvalue weighted by molar-refractivity contribution is 6.07. The minimum absolute atomic E-state index is 0.348. The van der Waals surface area contributed by atoms with Crippen molar-refractivity contribution in [3.8, 4) is 0 Å². The minimum Gasteiger partial charge on any atom is -0.468 e. The van der Waals surface area contributed by atoms with E-state index in [1.165, 1.54) is 16.9 Å². The van der Waals surface area contributed by atoms with Crippen LogP contribution in [0.3, 0.4) is 0 Å². The van der Waals surface area contributed by atoms with Gasteiger partial charge in [-0.25, -0.2) is 9.59 Å². The Balaban J connectivity index is 1.58. The Labute approximate surface area is 219 Å². The van der Waals surface area contributed by atoms with Crippen LogP contribution in [0.15, 0.2) is 84.9 Å². The number of nitrogens with zero attached hydrogens (tertiary/aromatic N) is 3. The molecule has 1 atom stereocenters. The first kappa shape index (κ1) is 25.0. The van der Waals surface area contributed by atoms with E-state index in [0.717, 1.165) is 21.5 Å². The second-order valence-electron chi connectivity index (χ2n) is 9.64. The number of ether oxygens (including phenoxy) is 1. The zero-order chi connectivity index (χ0) is 27.0. The molecule has 9 heteroatoms. The second kappa shape index (κ2) is 9.68. The highest BCUT2D eigenvalue weighted by Gasteiger charge is 2.56. The fraction of sp³-hybridized carbons (Fsp3) is 0.207. The first-order chi connectivity index (χ1) is 18.2. The van der Waals surface area contributed by atoms with Crippen molar-refractivity contribution >= 4 is 51.0 Å². The van der Waals surface area contributed by atoms with Gasteiger partial charge in [-0.15, -0.1) is 0 Å². The van der Waals surface area contributed by atoms with E-state index >= 15 is 0 Å². The molecule has 1 fully saturated rings. The predicted molar refractivity (Wildman–Crippen MR) is 145 cm³/mol. The van der Waals surface area contributed by atoms with Crippen LogP contribution in [-0.4, -0.2) is 58.6 Å². The van der Waals surface area contributed by atoms with E-state index in [4.69, 9.17) is 4.74 Å². The van der Waals surface area contributed by atoms with E-state index in [9.17, 15) is 19.6 Å². The van der Waals surface area contributed by atoms with Gasteiger partial charge in [0.15, 0.2) is 6.17 Å². The fourth-order valence-electron chi connectivity index (χ4n) is 5.08. The number of hydroxylamine groups is 2. The molecule has 0 aliphatic carbocycles. The van der Waals surface area contributed by atoms with Crippen LogP contribution < -0.4 is 10.2 Å². The third kappa shape index (κ3) is 4.16. The van der Waals surface area contributed by atoms with Crippen LogP contribution in [0.5, 0.6) is 0 Å². The molecule has 4 aromatic rings. The van der Waals surface area contributed by atoms with E-state index in [2.05, 4.69) is 5.32 Å². The van der Waals surface area contributed by atoms with E-state index in [0.29, 0.717) is 16.4 Å². The molecule has 5 rings (SSSR count). The van der Waals surface area contributed by atoms with Crippen molar-refractivity contribution in [3.63, 3.8) is 0 Å². The van der Waals surface area contributed by atoms with Crippen LogP contribution in [0, 0.1) is 0 Å². The normalized spacial score (nSPS) is 16.6. The number of fused-ring (bicyclic) bond motifs is 2. The number of nitrogens with one attached hydrogen (secondary N) is 1. The maximum absolute atomic E-state index is 13.9. The molecule has 194 valence electrons. The molecule has 0 unspecified atom stereocenters. The van der Waals surface area contributed by atoms with Gasteiger partial charge in [0.05, 0.1) is 24.0 Å². The van der Waals surface area contributed by atoms with E-state index in [-0.39, 0.29) is 6.54 Å². The number of rotatable bonds is 5. The lowest BCUT2D eigenvalue weighted by Crippen LogP contribution is -2.58. The van der Waals surface area contributed by atoms with Crippen LogP contribution in [0.4, 0.5) is 21.0 Å². The molecule has 4 aromatic carbocycles. The summed E-state index contributed by atoms with van der Waals surface area (Å²) < 4.78 is 4.82. The minimum atomic E-state index is -1.19. The van der Waals surface area contributed by atoms with E-state index in [1.807, 2.05) is 66.7 Å². The molecule has 1 saturated heterocycles. The molecular formula is C29H28N4O5. The number of carbonyl (C=O) groups excluding carboxylic acids is 3. The number of esters is 1. The largest absolute Gasteiger partial charge is 0.468 e. The van der Waals surface area contributed by atoms with E-state index < -0.39 is 29.7 Å². The Morgan fingerprint density at radius 2 is 1.50 bits per heavy atom. The second-order valence-corrected chi connectivity index (χ2v) is 9.64. The summed E-state index contributed by atoms with van der Waals surface area (Å²) in [5.41, 5.74) is -0.180. The van der Waals surface area contributed by atoms with Gasteiger partial charge in [-0.3, -0.25) is 14.9 Å². The van der Waals surface area contributed by atoms with Crippen LogP contribution in [0.25, 0.3) is 21.5 Å². The van der Waals surface area contributed by atoms with Crippen molar-refractivity contribution in [2.45, 2.75) is 25.6 Å². The number of hydrogen-bond acceptors (Lipinski definition) is 5. The topological polar surface area (TPSA) is 102 Å². The number of amides is 4. The highest BCUT2D eigenvalue weighted by atomic mass is 16.5. The maximum Gasteiger partial charge on any atom is 0.347 e. The summed E-state index contributed by atoms with van der Waals surface area (Å²) in [6.07, 6.45) is -1.18. The molecule has 1 heterocycles. The Bertz CT molecular complexity index is 1540. The molecule has 0 aromatic heterocycles. The van der Waals surface area contributed by atoms with Crippen molar-refractivity contribution in [1.82, 2.24) is 9.96 Å². The van der Waals surface area contributed by atoms with Crippen molar-refractivity contribution in [3.05, 3.63) is 84.9 Å². The van der Waals surface area contributed by atoms with Gasteiger partial charge in [0, 0.05) is 10.8 Å². The lowest BCUT2D eigenvalue weighted by atomic mass is 9.99. The van der Waals surface area contributed by atoms with E-state index in [1.54, 1.807) is 32.0 Å². The number of benzene rings is 4. The number of carbonyl (C=O) groups is 3. The molecular weight excluding hydrogens is 484 g/mol. The Morgan fingerprint density at radius 3 is 2.18 bits per heavy atom. The first-order valence-corrected chi connectivity index (χ1v) is 12.2. The van der Waals surface area contributed by atoms with Crippen molar-refractivity contribution in [1.29, 1.82) is 0 Å². The highest BCUT2D eigenvalue weighted by Crippen LogP contribution is 2.40. The monoisotopic (exact) mass is 512 g/mol. The summed E-state index contributed by atoms with van der Waals surface area (Å²) in [5.74, 6) is -0.616. The Morgan fingerprint density at radius 1 is 0.921 bits per heavy atom. The summed E-state index contributed by atoms with van der Waals surface area (Å²) >= 11 is 0. The summed E-state index contributed by atoms with van der Waals surface area (Å²) in [6, 6.07) is 24.6. The zero-order valence-corrected chi connectivity index (χ0v) is 21.3. The van der Waals surface area contributed by atoms with Crippen LogP contribution in [0.1, 0.15) is 13.8 Å². The summed E-state index contributed by atoms with van der Waals surface area (Å²) in [6.45, 7) is 3.04. The van der Waals surface area contributed by atoms with Gasteiger partial charge in [-0.2, -0.15) is 5.06 Å². The van der Waals surface area contributed by atoms with Gasteiger partial charge in [-0.1, -0.05) is 72.8 Å². The number of urea groups is 2. The molecule has 38 heavy (non-hydrogen) atoms. The van der Waals surface area contributed by atoms with Crippen molar-refractivity contribution in [2.24, 2.45) is 0 Å². The quantitative estimate of drug-likeness (QED) is 0.211. The molecule has 2 N–H and O–H groups in total. The lowest BCUT2D eigenvalue weighted by Gasteiger charge is -2.38. The Hall–Kier alpha value is -4.63. The van der Waals surface area contributed by atoms with Gasteiger partial charge in [-0.05, 0) is 36.8 Å². The number of anilines is 2. The summed E-state index contributed by atoms with van der Waals surface area (Å²) in [7, 11) is 1.24. The molecule has 4 amide bonds. The molecule has 9 nitrogen and oxygen atoms in total. The average molecular weight is 513 g/mol. The number of hydrogen-bond donors (Lipinski definition) is 2. The molecule has 1 aliphatic heterocycles. The standard InChI is InChI=1S/C29H28N4O5/c1-29(2)26(33(37)27(35)30-23-16-8-12-19-10-4-6-14-21(19)23)32(28(36)31(29)18-25(34)38-3)24-17-9-13-20-11-5-7-15-22(20)24/h4-17,26,37H,18H2,1-3H3,(H,30,35)/t26-/m1/s1. The van der Waals surface area contributed by atoms with Gasteiger partial charge < -0.3 is 15.0 Å². The maximum atomic E-state index is 13.9. The Kier molecular flexibility index (Phi) is 6.38. The van der Waals surface area contributed by atoms with Gasteiger partial charge in [0.25, 0.3) is 0 Å². The first-order valence-electron chi connectivity index (χ1n) is 12.2. The van der Waals surface area contributed by atoms with Gasteiger partial charge >= 0.3 is 18.0 Å². The zero-order valence-electron chi connectivity index (χ0n) is 21.3. The average Bonchev–Trinajstić information content (AvgIpc) is 3.12. The number of methoxy groups -OCH3 is 1. The summed E-state index contributed by atoms with van der Waals surface area (Å²) in [5, 5.41) is 18.1. The lowest BCUT2D eigenvalue weighted by molar-refractivity contribution is -0.143. The van der Waals surface area contributed by atoms with Crippen LogP contribution in [0.2, 0.25) is 0 Å². The van der Waals surface area contributed by atoms with Gasteiger partial charge in [0.1, 0.15) is 6.54 Å². The summed E-state index contributed by atoms with van der Waals surface area (Å²) in [4.78, 5) is 42.2. The molecule has 0 radical (unpaired) electrons. The predicted octanol–water partition coefficient (Wildman–Crippen LogP) is 5.44. The van der Waals surface area contributed by atoms with Crippen LogP contribution in [-0.2, 0) is 9.53 Å². The molecule has 0 saturated carbocycles. The third-order valence-corrected chi connectivity index (χ3v) is 7.02. The molecule has 0 bridgehead atoms. The molecule has 0 spiro atoms. The van der Waals surface area contributed by atoms with Crippen molar-refractivity contribution in [2.75, 3.05) is 23.9 Å². The SMILES string of the molecule is COC(=O)CN1C(=O)N(c2cccc3ccccc23)[C@H](N(O)C(=O)Nc2cccc3ccccc23)C1(C)C. The van der Waals surface area contributed by atoms with Crippen LogP contribution >= 0.6 is 0 Å².